The highest BCUT2D eigenvalue weighted by molar-refractivity contribution is 7.60. The summed E-state index contributed by atoms with van der Waals surface area (Å²) < 4.78 is 18.0. The van der Waals surface area contributed by atoms with Crippen molar-refractivity contribution >= 4 is 24.8 Å². The average molecular weight is 310 g/mol. The van der Waals surface area contributed by atoms with Gasteiger partial charge in [0.25, 0.3) is 0 Å². The molecule has 0 radical (unpaired) electrons. The zero-order chi connectivity index (χ0) is 14.8. The quantitative estimate of drug-likeness (QED) is 0.782. The molecule has 0 aliphatic heterocycles. The molecule has 0 aromatic heterocycles. The van der Waals surface area contributed by atoms with Gasteiger partial charge in [-0.1, -0.05) is 17.7 Å². The van der Waals surface area contributed by atoms with Crippen molar-refractivity contribution < 1.29 is 9.09 Å². The summed E-state index contributed by atoms with van der Waals surface area (Å²) in [6.07, 6.45) is 0. The monoisotopic (exact) mass is 309 g/mol. The highest BCUT2D eigenvalue weighted by Crippen LogP contribution is 2.43. The van der Waals surface area contributed by atoms with Crippen molar-refractivity contribution in [3.63, 3.8) is 0 Å². The van der Waals surface area contributed by atoms with Crippen LogP contribution in [0.1, 0.15) is 11.1 Å². The van der Waals surface area contributed by atoms with Crippen LogP contribution >= 0.6 is 19.1 Å². The molecule has 3 nitrogen and oxygen atoms in total. The Labute approximate surface area is 124 Å². The van der Waals surface area contributed by atoms with Crippen LogP contribution in [-0.2, 0) is 4.57 Å². The highest BCUT2D eigenvalue weighted by Gasteiger charge is 2.17. The maximum absolute atomic E-state index is 12.5. The van der Waals surface area contributed by atoms with Gasteiger partial charge < -0.3 is 9.61 Å². The Bertz CT molecular complexity index is 655. The third kappa shape index (κ3) is 4.03. The van der Waals surface area contributed by atoms with E-state index in [9.17, 15) is 4.57 Å². The Morgan fingerprint density at radius 2 is 1.70 bits per heavy atom. The van der Waals surface area contributed by atoms with Crippen molar-refractivity contribution in [3.8, 4) is 5.75 Å². The highest BCUT2D eigenvalue weighted by atomic mass is 35.5. The molecule has 1 unspecified atom stereocenters. The predicted octanol–water partition coefficient (Wildman–Crippen LogP) is 5.27. The molecule has 0 aliphatic rings. The number of benzene rings is 2. The molecular weight excluding hydrogens is 293 g/mol. The minimum atomic E-state index is -2.98. The van der Waals surface area contributed by atoms with E-state index in [1.54, 1.807) is 30.9 Å². The molecule has 0 bridgehead atoms. The molecule has 0 saturated heterocycles. The van der Waals surface area contributed by atoms with Crippen LogP contribution in [-0.4, -0.2) is 6.66 Å². The fourth-order valence-corrected chi connectivity index (χ4v) is 3.07. The summed E-state index contributed by atoms with van der Waals surface area (Å²) in [4.78, 5) is 0. The van der Waals surface area contributed by atoms with E-state index in [2.05, 4.69) is 5.09 Å². The number of hydrogen-bond donors (Lipinski definition) is 1. The second kappa shape index (κ2) is 5.90. The topological polar surface area (TPSA) is 38.3 Å². The fraction of sp³-hybridized carbons (Fsp3) is 0.200. The number of halogens is 1. The van der Waals surface area contributed by atoms with Gasteiger partial charge in [0.05, 0.1) is 0 Å². The lowest BCUT2D eigenvalue weighted by Gasteiger charge is -2.18. The Morgan fingerprint density at radius 1 is 1.05 bits per heavy atom. The van der Waals surface area contributed by atoms with E-state index in [4.69, 9.17) is 16.1 Å². The van der Waals surface area contributed by atoms with Gasteiger partial charge in [-0.3, -0.25) is 4.57 Å². The van der Waals surface area contributed by atoms with Gasteiger partial charge in [-0.2, -0.15) is 0 Å². The largest absolute Gasteiger partial charge is 0.429 e. The SMILES string of the molecule is Cc1ccc(NP(C)(=O)Oc2ccc(Cl)cc2)cc1C. The zero-order valence-electron chi connectivity index (χ0n) is 11.7. The van der Waals surface area contributed by atoms with E-state index >= 15 is 0 Å². The molecule has 0 aliphatic carbocycles. The Hall–Kier alpha value is -1.44. The third-order valence-corrected chi connectivity index (χ3v) is 4.41. The lowest BCUT2D eigenvalue weighted by Crippen LogP contribution is -2.02. The van der Waals surface area contributed by atoms with Gasteiger partial charge in [-0.25, -0.2) is 0 Å². The first-order valence-electron chi connectivity index (χ1n) is 6.24. The first-order valence-corrected chi connectivity index (χ1v) is 8.69. The van der Waals surface area contributed by atoms with Crippen LogP contribution in [0.4, 0.5) is 5.69 Å². The molecule has 0 heterocycles. The summed E-state index contributed by atoms with van der Waals surface area (Å²) in [6.45, 7) is 5.60. The lowest BCUT2D eigenvalue weighted by molar-refractivity contribution is 0.493. The fourth-order valence-electron chi connectivity index (χ4n) is 1.76. The predicted molar refractivity (Wildman–Crippen MR) is 85.1 cm³/mol. The zero-order valence-corrected chi connectivity index (χ0v) is 13.3. The number of nitrogens with one attached hydrogen (secondary N) is 1. The molecule has 0 fully saturated rings. The molecule has 0 amide bonds. The van der Waals surface area contributed by atoms with Gasteiger partial charge in [0.15, 0.2) is 0 Å². The van der Waals surface area contributed by atoms with Gasteiger partial charge in [0.1, 0.15) is 5.75 Å². The first-order chi connectivity index (χ1) is 9.35. The van der Waals surface area contributed by atoms with Crippen LogP contribution in [0.5, 0.6) is 5.75 Å². The van der Waals surface area contributed by atoms with Crippen LogP contribution in [0.3, 0.4) is 0 Å². The molecule has 2 aromatic rings. The normalized spacial score (nSPS) is 13.6. The van der Waals surface area contributed by atoms with Crippen LogP contribution < -0.4 is 9.61 Å². The molecule has 2 aromatic carbocycles. The number of anilines is 1. The van der Waals surface area contributed by atoms with E-state index in [0.717, 1.165) is 11.3 Å². The van der Waals surface area contributed by atoms with Crippen molar-refractivity contribution in [3.05, 3.63) is 58.6 Å². The van der Waals surface area contributed by atoms with Crippen LogP contribution in [0, 0.1) is 13.8 Å². The van der Waals surface area contributed by atoms with Gasteiger partial charge in [-0.05, 0) is 61.4 Å². The van der Waals surface area contributed by atoms with Gasteiger partial charge in [0, 0.05) is 17.4 Å². The molecule has 1 atom stereocenters. The lowest BCUT2D eigenvalue weighted by atomic mass is 10.1. The van der Waals surface area contributed by atoms with Crippen LogP contribution in [0.2, 0.25) is 5.02 Å². The van der Waals surface area contributed by atoms with Crippen LogP contribution in [0.15, 0.2) is 42.5 Å². The number of aryl methyl sites for hydroxylation is 2. The Balaban J connectivity index is 2.12. The van der Waals surface area contributed by atoms with Gasteiger partial charge in [0.2, 0.25) is 0 Å². The van der Waals surface area contributed by atoms with Crippen molar-refractivity contribution in [2.75, 3.05) is 11.8 Å². The van der Waals surface area contributed by atoms with E-state index in [-0.39, 0.29) is 0 Å². The van der Waals surface area contributed by atoms with Gasteiger partial charge in [-0.15, -0.1) is 0 Å². The van der Waals surface area contributed by atoms with Crippen LogP contribution in [0.25, 0.3) is 0 Å². The number of hydrogen-bond acceptors (Lipinski definition) is 2. The summed E-state index contributed by atoms with van der Waals surface area (Å²) in [7, 11) is -2.98. The molecule has 1 N–H and O–H groups in total. The van der Waals surface area contributed by atoms with Crippen molar-refractivity contribution in [1.29, 1.82) is 0 Å². The number of rotatable bonds is 4. The summed E-state index contributed by atoms with van der Waals surface area (Å²) >= 11 is 5.80. The van der Waals surface area contributed by atoms with Crippen molar-refractivity contribution in [2.45, 2.75) is 13.8 Å². The van der Waals surface area contributed by atoms with Gasteiger partial charge >= 0.3 is 7.52 Å². The second-order valence-electron chi connectivity index (χ2n) is 4.80. The Kier molecular flexibility index (Phi) is 4.42. The summed E-state index contributed by atoms with van der Waals surface area (Å²) in [6, 6.07) is 12.6. The Morgan fingerprint density at radius 3 is 2.30 bits per heavy atom. The van der Waals surface area contributed by atoms with Crippen molar-refractivity contribution in [1.82, 2.24) is 0 Å². The maximum Gasteiger partial charge on any atom is 0.338 e. The third-order valence-electron chi connectivity index (χ3n) is 2.93. The van der Waals surface area contributed by atoms with Crippen molar-refractivity contribution in [2.24, 2.45) is 0 Å². The standard InChI is InChI=1S/C15H17ClNO2P/c1-11-4-7-14(10-12(11)2)17-20(3,18)19-15-8-5-13(16)6-9-15/h4-10H,1-3H3,(H,17,18). The van der Waals surface area contributed by atoms with E-state index in [0.29, 0.717) is 10.8 Å². The molecule has 2 rings (SSSR count). The molecular formula is C15H17ClNO2P. The molecule has 0 spiro atoms. The van der Waals surface area contributed by atoms with E-state index < -0.39 is 7.52 Å². The second-order valence-corrected chi connectivity index (χ2v) is 7.34. The van der Waals surface area contributed by atoms with E-state index in [1.807, 2.05) is 32.0 Å². The molecule has 0 saturated carbocycles. The van der Waals surface area contributed by atoms with E-state index in [1.165, 1.54) is 5.56 Å². The first kappa shape index (κ1) is 15.0. The maximum atomic E-state index is 12.5. The molecule has 5 heteroatoms. The smallest absolute Gasteiger partial charge is 0.338 e. The molecule has 20 heavy (non-hydrogen) atoms. The minimum absolute atomic E-state index is 0.525. The average Bonchev–Trinajstić information content (AvgIpc) is 2.36. The summed E-state index contributed by atoms with van der Waals surface area (Å²) in [5.74, 6) is 0.525. The summed E-state index contributed by atoms with van der Waals surface area (Å²) in [5.41, 5.74) is 3.12. The molecule has 106 valence electrons. The summed E-state index contributed by atoms with van der Waals surface area (Å²) in [5, 5.41) is 3.57. The minimum Gasteiger partial charge on any atom is -0.429 e.